The maximum Gasteiger partial charge on any atom is 0.254 e. The number of carbonyl (C=O) groups is 1. The molecule has 1 fully saturated rings. The second-order valence-electron chi connectivity index (χ2n) is 7.60. The maximum atomic E-state index is 13.3. The van der Waals surface area contributed by atoms with E-state index in [2.05, 4.69) is 23.1 Å². The third kappa shape index (κ3) is 4.29. The van der Waals surface area contributed by atoms with Gasteiger partial charge in [0, 0.05) is 30.1 Å². The monoisotopic (exact) mass is 468 g/mol. The molecule has 0 spiro atoms. The van der Waals surface area contributed by atoms with Crippen LogP contribution in [0.1, 0.15) is 53.0 Å². The number of benzene rings is 1. The molecule has 0 aliphatic carbocycles. The van der Waals surface area contributed by atoms with Crippen molar-refractivity contribution >= 4 is 38.9 Å². The van der Waals surface area contributed by atoms with E-state index >= 15 is 0 Å². The molecule has 2 aromatic rings. The molecule has 0 saturated carbocycles. The van der Waals surface area contributed by atoms with Crippen LogP contribution >= 0.6 is 22.9 Å². The minimum atomic E-state index is -3.85. The number of nitrogens with zero attached hydrogens (tertiary/aromatic N) is 1. The molecular formula is C21H25ClN2O4S2. The number of rotatable bonds is 6. The fourth-order valence-electron chi connectivity index (χ4n) is 4.17. The number of thiophene rings is 1. The SMILES string of the molecule is CCC1c2ccsc2CCN1C(=O)c1ccc(Cl)c(S(=O)(=O)NCC2CCCO2)c1. The highest BCUT2D eigenvalue weighted by atomic mass is 35.5. The van der Waals surface area contributed by atoms with Crippen LogP contribution in [-0.4, -0.2) is 45.0 Å². The lowest BCUT2D eigenvalue weighted by atomic mass is 9.97. The topological polar surface area (TPSA) is 75.7 Å². The molecule has 2 aliphatic rings. The minimum Gasteiger partial charge on any atom is -0.377 e. The summed E-state index contributed by atoms with van der Waals surface area (Å²) in [6.45, 7) is 3.52. The summed E-state index contributed by atoms with van der Waals surface area (Å²) in [6, 6.07) is 6.55. The van der Waals surface area contributed by atoms with Crippen LogP contribution in [0.4, 0.5) is 0 Å². The van der Waals surface area contributed by atoms with Gasteiger partial charge in [0.25, 0.3) is 5.91 Å². The molecule has 6 nitrogen and oxygen atoms in total. The van der Waals surface area contributed by atoms with E-state index in [1.807, 2.05) is 4.90 Å². The molecule has 1 aromatic heterocycles. The average Bonchev–Trinajstić information content (AvgIpc) is 3.43. The number of hydrogen-bond donors (Lipinski definition) is 1. The van der Waals surface area contributed by atoms with Crippen molar-refractivity contribution in [3.05, 3.63) is 50.7 Å². The van der Waals surface area contributed by atoms with Crippen LogP contribution in [-0.2, 0) is 21.2 Å². The number of nitrogens with one attached hydrogen (secondary N) is 1. The van der Waals surface area contributed by atoms with Crippen molar-refractivity contribution in [1.29, 1.82) is 0 Å². The minimum absolute atomic E-state index is 0.000811. The van der Waals surface area contributed by atoms with Crippen LogP contribution in [0.3, 0.4) is 0 Å². The van der Waals surface area contributed by atoms with E-state index in [1.165, 1.54) is 22.6 Å². The molecule has 162 valence electrons. The summed E-state index contributed by atoms with van der Waals surface area (Å²) in [5.41, 5.74) is 1.52. The van der Waals surface area contributed by atoms with E-state index in [4.69, 9.17) is 16.3 Å². The van der Waals surface area contributed by atoms with Gasteiger partial charge in [-0.15, -0.1) is 11.3 Å². The van der Waals surface area contributed by atoms with Gasteiger partial charge in [0.15, 0.2) is 0 Å². The smallest absolute Gasteiger partial charge is 0.254 e. The molecule has 4 rings (SSSR count). The van der Waals surface area contributed by atoms with Crippen molar-refractivity contribution in [2.24, 2.45) is 0 Å². The summed E-state index contributed by atoms with van der Waals surface area (Å²) < 4.78 is 33.7. The normalized spacial score (nSPS) is 21.6. The summed E-state index contributed by atoms with van der Waals surface area (Å²) in [5, 5.41) is 2.16. The number of halogens is 1. The Balaban J connectivity index is 1.57. The third-order valence-corrected chi connectivity index (χ3v) is 8.64. The highest BCUT2D eigenvalue weighted by Gasteiger charge is 2.32. The average molecular weight is 469 g/mol. The lowest BCUT2D eigenvalue weighted by Crippen LogP contribution is -2.39. The zero-order valence-corrected chi connectivity index (χ0v) is 19.2. The first-order valence-corrected chi connectivity index (χ1v) is 12.9. The number of hydrogen-bond acceptors (Lipinski definition) is 5. The fraction of sp³-hybridized carbons (Fsp3) is 0.476. The molecule has 1 N–H and O–H groups in total. The lowest BCUT2D eigenvalue weighted by Gasteiger charge is -2.35. The Morgan fingerprint density at radius 3 is 2.93 bits per heavy atom. The Kier molecular flexibility index (Phi) is 6.50. The summed E-state index contributed by atoms with van der Waals surface area (Å²) in [5.74, 6) is -0.175. The van der Waals surface area contributed by atoms with Crippen LogP contribution < -0.4 is 4.72 Å². The molecule has 0 radical (unpaired) electrons. The van der Waals surface area contributed by atoms with Crippen LogP contribution in [0, 0.1) is 0 Å². The van der Waals surface area contributed by atoms with E-state index in [0.717, 1.165) is 25.7 Å². The van der Waals surface area contributed by atoms with E-state index in [0.29, 0.717) is 18.7 Å². The number of ether oxygens (including phenoxy) is 1. The van der Waals surface area contributed by atoms with Crippen molar-refractivity contribution in [3.63, 3.8) is 0 Å². The lowest BCUT2D eigenvalue weighted by molar-refractivity contribution is 0.0657. The first-order valence-electron chi connectivity index (χ1n) is 10.2. The molecule has 1 saturated heterocycles. The predicted octanol–water partition coefficient (Wildman–Crippen LogP) is 4.01. The Morgan fingerprint density at radius 1 is 1.37 bits per heavy atom. The molecule has 1 amide bonds. The standard InChI is InChI=1S/C21H25ClN2O4S2/c1-2-18-16-8-11-29-19(16)7-9-24(18)21(25)14-5-6-17(22)20(12-14)30(26,27)23-13-15-4-3-10-28-15/h5-6,8,11-12,15,18,23H,2-4,7,9-10,13H2,1H3. The van der Waals surface area contributed by atoms with Crippen LogP contribution in [0.15, 0.2) is 34.5 Å². The van der Waals surface area contributed by atoms with E-state index in [9.17, 15) is 13.2 Å². The van der Waals surface area contributed by atoms with Gasteiger partial charge in [-0.1, -0.05) is 18.5 Å². The van der Waals surface area contributed by atoms with E-state index in [1.54, 1.807) is 17.4 Å². The molecule has 0 bridgehead atoms. The first-order chi connectivity index (χ1) is 14.4. The van der Waals surface area contributed by atoms with Crippen molar-refractivity contribution in [2.45, 2.75) is 49.6 Å². The van der Waals surface area contributed by atoms with Gasteiger partial charge >= 0.3 is 0 Å². The Hall–Kier alpha value is -1.45. The zero-order chi connectivity index (χ0) is 21.3. The third-order valence-electron chi connectivity index (χ3n) is 5.74. The van der Waals surface area contributed by atoms with Gasteiger partial charge in [0.2, 0.25) is 10.0 Å². The number of carbonyl (C=O) groups excluding carboxylic acids is 1. The van der Waals surface area contributed by atoms with Crippen molar-refractivity contribution < 1.29 is 17.9 Å². The molecule has 1 aromatic carbocycles. The molecule has 2 atom stereocenters. The van der Waals surface area contributed by atoms with E-state index < -0.39 is 10.0 Å². The molecule has 2 unspecified atom stereocenters. The van der Waals surface area contributed by atoms with Crippen LogP contribution in [0.2, 0.25) is 5.02 Å². The summed E-state index contributed by atoms with van der Waals surface area (Å²) >= 11 is 7.93. The maximum absolute atomic E-state index is 13.3. The van der Waals surface area contributed by atoms with Crippen LogP contribution in [0.25, 0.3) is 0 Å². The van der Waals surface area contributed by atoms with Gasteiger partial charge in [0.1, 0.15) is 4.90 Å². The Labute approximate surface area is 186 Å². The summed E-state index contributed by atoms with van der Waals surface area (Å²) in [6.07, 6.45) is 3.25. The molecule has 3 heterocycles. The van der Waals surface area contributed by atoms with Crippen molar-refractivity contribution in [1.82, 2.24) is 9.62 Å². The quantitative estimate of drug-likeness (QED) is 0.695. The first kappa shape index (κ1) is 21.8. The Bertz CT molecular complexity index is 1030. The number of sulfonamides is 1. The van der Waals surface area contributed by atoms with Crippen molar-refractivity contribution in [3.8, 4) is 0 Å². The van der Waals surface area contributed by atoms with Crippen LogP contribution in [0.5, 0.6) is 0 Å². The molecule has 9 heteroatoms. The van der Waals surface area contributed by atoms with Crippen molar-refractivity contribution in [2.75, 3.05) is 19.7 Å². The second-order valence-corrected chi connectivity index (χ2v) is 10.7. The summed E-state index contributed by atoms with van der Waals surface area (Å²) in [4.78, 5) is 16.4. The fourth-order valence-corrected chi connectivity index (χ4v) is 6.69. The molecular weight excluding hydrogens is 444 g/mol. The second kappa shape index (κ2) is 8.96. The Morgan fingerprint density at radius 2 is 2.20 bits per heavy atom. The van der Waals surface area contributed by atoms with Gasteiger partial charge in [0.05, 0.1) is 17.2 Å². The van der Waals surface area contributed by atoms with Gasteiger partial charge in [-0.2, -0.15) is 0 Å². The van der Waals surface area contributed by atoms with Gasteiger partial charge < -0.3 is 9.64 Å². The number of fused-ring (bicyclic) bond motifs is 1. The highest BCUT2D eigenvalue weighted by molar-refractivity contribution is 7.89. The predicted molar refractivity (Wildman–Crippen MR) is 118 cm³/mol. The van der Waals surface area contributed by atoms with Gasteiger partial charge in [-0.3, -0.25) is 4.79 Å². The highest BCUT2D eigenvalue weighted by Crippen LogP contribution is 2.36. The summed E-state index contributed by atoms with van der Waals surface area (Å²) in [7, 11) is -3.85. The molecule has 2 aliphatic heterocycles. The largest absolute Gasteiger partial charge is 0.377 e. The molecule has 30 heavy (non-hydrogen) atoms. The zero-order valence-electron chi connectivity index (χ0n) is 16.8. The number of amides is 1. The van der Waals surface area contributed by atoms with E-state index in [-0.39, 0.29) is 34.5 Å². The van der Waals surface area contributed by atoms with Gasteiger partial charge in [-0.05, 0) is 60.9 Å². The van der Waals surface area contributed by atoms with Gasteiger partial charge in [-0.25, -0.2) is 13.1 Å².